The summed E-state index contributed by atoms with van der Waals surface area (Å²) in [5.74, 6) is 0. The molecule has 0 aromatic heterocycles. The topological polar surface area (TPSA) is 98.9 Å². The molecular weight excluding hydrogens is 365 g/mol. The third kappa shape index (κ3) is 49.7. The van der Waals surface area contributed by atoms with Crippen LogP contribution in [0.2, 0.25) is 0 Å². The first-order valence-electron chi connectivity index (χ1n) is 6.39. The molecule has 140 valence electrons. The minimum absolute atomic E-state index is 0. The molecule has 6 nitrogen and oxygen atoms in total. The zero-order valence-electron chi connectivity index (χ0n) is 14.5. The van der Waals surface area contributed by atoms with E-state index in [0.717, 1.165) is 60.6 Å². The van der Waals surface area contributed by atoms with Gasteiger partial charge in [-0.25, -0.2) is 0 Å². The molecule has 0 bridgehead atoms. The van der Waals surface area contributed by atoms with Crippen molar-refractivity contribution in [2.24, 2.45) is 0 Å². The fourth-order valence-corrected chi connectivity index (χ4v) is 1.33. The van der Waals surface area contributed by atoms with Crippen molar-refractivity contribution in [3.63, 3.8) is 0 Å². The Hall–Kier alpha value is 1.05. The molecule has 0 unspecified atom stereocenters. The maximum absolute atomic E-state index is 7.00. The number of aliphatic hydroxyl groups is 3. The van der Waals surface area contributed by atoms with E-state index in [-0.39, 0.29) is 54.0 Å². The van der Waals surface area contributed by atoms with Crippen LogP contribution in [0, 0.1) is 7.43 Å². The Morgan fingerprint density at radius 3 is 1.23 bits per heavy atom. The zero-order valence-corrected chi connectivity index (χ0v) is 17.7. The summed E-state index contributed by atoms with van der Waals surface area (Å²) in [6.07, 6.45) is 3.65. The normalized spacial score (nSPS) is 13.9. The molecule has 1 saturated heterocycles. The van der Waals surface area contributed by atoms with Crippen molar-refractivity contribution >= 4 is 24.8 Å². The van der Waals surface area contributed by atoms with Crippen LogP contribution in [0.1, 0.15) is 19.3 Å². The third-order valence-electron chi connectivity index (χ3n) is 2.05. The second kappa shape index (κ2) is 57.4. The largest absolute Gasteiger partial charge is 2.00 e. The van der Waals surface area contributed by atoms with Gasteiger partial charge < -0.3 is 38.7 Å². The Balaban J connectivity index is -0.0000000405. The van der Waals surface area contributed by atoms with E-state index in [1.54, 1.807) is 0 Å². The van der Waals surface area contributed by atoms with E-state index in [1.807, 2.05) is 0 Å². The molecule has 0 aromatic rings. The molecule has 22 heavy (non-hydrogen) atoms. The van der Waals surface area contributed by atoms with Gasteiger partial charge in [0.2, 0.25) is 0 Å². The molecule has 1 aliphatic heterocycles. The number of halogens is 2. The van der Waals surface area contributed by atoms with Gasteiger partial charge in [0.1, 0.15) is 0 Å². The van der Waals surface area contributed by atoms with Crippen molar-refractivity contribution in [3.05, 3.63) is 12.7 Å². The van der Waals surface area contributed by atoms with Crippen LogP contribution < -0.4 is 10.6 Å². The van der Waals surface area contributed by atoms with Gasteiger partial charge in [0, 0.05) is 21.3 Å². The Bertz CT molecular complexity index is 81.5. The van der Waals surface area contributed by atoms with Gasteiger partial charge in [-0.05, 0) is 32.6 Å². The van der Waals surface area contributed by atoms with Gasteiger partial charge >= 0.3 is 21.7 Å². The van der Waals surface area contributed by atoms with Crippen LogP contribution in [-0.4, -0.2) is 75.9 Å². The summed E-state index contributed by atoms with van der Waals surface area (Å²) in [6.45, 7) is 6.62. The minimum atomic E-state index is 0. The summed E-state index contributed by atoms with van der Waals surface area (Å²) in [5.41, 5.74) is 0. The van der Waals surface area contributed by atoms with Gasteiger partial charge in [0.15, 0.2) is 0 Å². The monoisotopic (exact) mass is 401 g/mol. The molecule has 1 aliphatic rings. The number of hydrogen-bond donors (Lipinski definition) is 5. The summed E-state index contributed by atoms with van der Waals surface area (Å²) >= 11 is 0. The molecule has 1 heterocycles. The predicted molar refractivity (Wildman–Crippen MR) is 98.0 cm³/mol. The summed E-state index contributed by atoms with van der Waals surface area (Å²) in [6, 6.07) is 0. The van der Waals surface area contributed by atoms with E-state index in [0.29, 0.717) is 0 Å². The predicted octanol–water partition coefficient (Wildman–Crippen LogP) is 0.840. The molecule has 0 aliphatic carbocycles. The molecule has 0 radical (unpaired) electrons. The second-order valence-electron chi connectivity index (χ2n) is 3.23. The fraction of sp³-hybridized carbons (Fsp3) is 0.923. The minimum Gasteiger partial charge on any atom is -0.662 e. The van der Waals surface area contributed by atoms with E-state index >= 15 is 0 Å². The SMILES string of the molecule is C1C[N-]CCCNCCCNC1.CO.CO.CO.Cl.Cl.[CH3-].[Ti+2]. The summed E-state index contributed by atoms with van der Waals surface area (Å²) in [7, 11) is 3.00. The molecule has 0 amide bonds. The Kier molecular flexibility index (Phi) is 113. The van der Waals surface area contributed by atoms with Crippen LogP contribution in [0.3, 0.4) is 0 Å². The molecule has 0 aromatic carbocycles. The van der Waals surface area contributed by atoms with Gasteiger partial charge in [0.05, 0.1) is 0 Å². The van der Waals surface area contributed by atoms with Gasteiger partial charge in [-0.3, -0.25) is 0 Å². The van der Waals surface area contributed by atoms with E-state index < -0.39 is 0 Å². The molecule has 0 spiro atoms. The first-order chi connectivity index (χ1) is 9.00. The molecule has 0 saturated carbocycles. The van der Waals surface area contributed by atoms with Gasteiger partial charge in [-0.2, -0.15) is 0 Å². The molecule has 0 atom stereocenters. The number of nitrogens with one attached hydrogen (secondary N) is 2. The van der Waals surface area contributed by atoms with Gasteiger partial charge in [-0.15, -0.1) is 37.9 Å². The third-order valence-corrected chi connectivity index (χ3v) is 2.05. The molecule has 1 fully saturated rings. The van der Waals surface area contributed by atoms with Crippen molar-refractivity contribution < 1.29 is 37.0 Å². The number of nitrogens with zero attached hydrogens (tertiary/aromatic N) is 1. The van der Waals surface area contributed by atoms with Crippen LogP contribution in [0.25, 0.3) is 5.32 Å². The first kappa shape index (κ1) is 43.5. The summed E-state index contributed by atoms with van der Waals surface area (Å²) < 4.78 is 0. The quantitative estimate of drug-likeness (QED) is 0.306. The summed E-state index contributed by atoms with van der Waals surface area (Å²) in [5, 5.41) is 32.2. The van der Waals surface area contributed by atoms with Crippen molar-refractivity contribution in [2.45, 2.75) is 19.3 Å². The van der Waals surface area contributed by atoms with E-state index in [1.165, 1.54) is 19.3 Å². The molecule has 5 N–H and O–H groups in total. The van der Waals surface area contributed by atoms with E-state index in [9.17, 15) is 0 Å². The standard InChI is InChI=1S/C9H20N3.3CH4O.CH3.2ClH.Ti/c1-4-10-6-2-8-12-9-3-7-11-5-1;3*1-2;;;;/h10-11H,1-9H2;3*2H,1H3;1H3;2*1H;/q-1;;;;-1;;;+2. The van der Waals surface area contributed by atoms with Gasteiger partial charge in [0.25, 0.3) is 0 Å². The maximum Gasteiger partial charge on any atom is 2.00 e. The number of aliphatic hydroxyl groups excluding tert-OH is 3. The second-order valence-corrected chi connectivity index (χ2v) is 3.23. The van der Waals surface area contributed by atoms with Crippen LogP contribution >= 0.6 is 24.8 Å². The van der Waals surface area contributed by atoms with Crippen LogP contribution in [-0.2, 0) is 21.7 Å². The van der Waals surface area contributed by atoms with Crippen LogP contribution in [0.4, 0.5) is 0 Å². The van der Waals surface area contributed by atoms with Crippen molar-refractivity contribution in [3.8, 4) is 0 Å². The van der Waals surface area contributed by atoms with Crippen LogP contribution in [0.5, 0.6) is 0 Å². The van der Waals surface area contributed by atoms with Gasteiger partial charge in [-0.1, -0.05) is 12.8 Å². The first-order valence-corrected chi connectivity index (χ1v) is 6.39. The fourth-order valence-electron chi connectivity index (χ4n) is 1.33. The van der Waals surface area contributed by atoms with Crippen molar-refractivity contribution in [2.75, 3.05) is 60.6 Å². The molecular formula is C13H37Cl2N3O3Ti. The van der Waals surface area contributed by atoms with Crippen molar-refractivity contribution in [1.29, 1.82) is 0 Å². The maximum atomic E-state index is 7.00. The molecule has 9 heteroatoms. The molecule has 1 rings (SSSR count). The Morgan fingerprint density at radius 2 is 0.909 bits per heavy atom. The Morgan fingerprint density at radius 1 is 0.636 bits per heavy atom. The van der Waals surface area contributed by atoms with E-state index in [4.69, 9.17) is 15.3 Å². The van der Waals surface area contributed by atoms with E-state index in [2.05, 4.69) is 16.0 Å². The number of rotatable bonds is 0. The number of hydrogen-bond acceptors (Lipinski definition) is 5. The smallest absolute Gasteiger partial charge is 0.662 e. The summed E-state index contributed by atoms with van der Waals surface area (Å²) in [4.78, 5) is 0. The Labute approximate surface area is 164 Å². The average molecular weight is 402 g/mol. The van der Waals surface area contributed by atoms with Crippen LogP contribution in [0.15, 0.2) is 0 Å². The van der Waals surface area contributed by atoms with Crippen molar-refractivity contribution in [1.82, 2.24) is 10.6 Å². The average Bonchev–Trinajstić information content (AvgIpc) is 2.46. The zero-order chi connectivity index (χ0) is 14.5.